The zero-order chi connectivity index (χ0) is 15.9. The predicted molar refractivity (Wildman–Crippen MR) is 89.8 cm³/mol. The van der Waals surface area contributed by atoms with Gasteiger partial charge in [-0.25, -0.2) is 0 Å². The van der Waals surface area contributed by atoms with Gasteiger partial charge in [0.25, 0.3) is 11.1 Å². The van der Waals surface area contributed by atoms with Gasteiger partial charge in [0.05, 0.1) is 11.5 Å². The highest BCUT2D eigenvalue weighted by molar-refractivity contribution is 8.18. The summed E-state index contributed by atoms with van der Waals surface area (Å²) < 4.78 is 5.55. The lowest BCUT2D eigenvalue weighted by Crippen LogP contribution is -2.29. The molecular formula is C17H21NO3S. The van der Waals surface area contributed by atoms with Gasteiger partial charge in [-0.05, 0) is 37.2 Å². The summed E-state index contributed by atoms with van der Waals surface area (Å²) in [6.07, 6.45) is 4.69. The Kier molecular flexibility index (Phi) is 6.07. The van der Waals surface area contributed by atoms with E-state index in [2.05, 4.69) is 6.92 Å². The average molecular weight is 319 g/mol. The predicted octanol–water partition coefficient (Wildman–Crippen LogP) is 4.31. The zero-order valence-electron chi connectivity index (χ0n) is 13.0. The molecule has 0 unspecified atom stereocenters. The van der Waals surface area contributed by atoms with Gasteiger partial charge in [0.1, 0.15) is 5.75 Å². The second kappa shape index (κ2) is 8.03. The van der Waals surface area contributed by atoms with Gasteiger partial charge in [-0.1, -0.05) is 38.0 Å². The maximum atomic E-state index is 12.4. The zero-order valence-corrected chi connectivity index (χ0v) is 13.8. The number of imide groups is 1. The minimum absolute atomic E-state index is 0.179. The van der Waals surface area contributed by atoms with Gasteiger partial charge in [-0.3, -0.25) is 14.5 Å². The Morgan fingerprint density at radius 2 is 1.95 bits per heavy atom. The molecule has 0 spiro atoms. The van der Waals surface area contributed by atoms with Gasteiger partial charge >= 0.3 is 0 Å². The molecule has 0 radical (unpaired) electrons. The molecule has 0 aromatic heterocycles. The fourth-order valence-electron chi connectivity index (χ4n) is 2.24. The largest absolute Gasteiger partial charge is 0.493 e. The van der Waals surface area contributed by atoms with Crippen molar-refractivity contribution in [3.8, 4) is 5.75 Å². The first-order chi connectivity index (χ1) is 10.7. The van der Waals surface area contributed by atoms with Crippen molar-refractivity contribution >= 4 is 29.0 Å². The molecule has 1 aromatic carbocycles. The molecule has 1 aliphatic heterocycles. The molecule has 118 valence electrons. The van der Waals surface area contributed by atoms with Crippen LogP contribution >= 0.6 is 11.8 Å². The van der Waals surface area contributed by atoms with Crippen LogP contribution in [-0.4, -0.2) is 29.2 Å². The first-order valence-corrected chi connectivity index (χ1v) is 8.46. The summed E-state index contributed by atoms with van der Waals surface area (Å²) in [7, 11) is 0. The topological polar surface area (TPSA) is 46.6 Å². The summed E-state index contributed by atoms with van der Waals surface area (Å²) >= 11 is 1.00. The van der Waals surface area contributed by atoms with E-state index in [0.29, 0.717) is 18.1 Å². The van der Waals surface area contributed by atoms with Crippen molar-refractivity contribution in [2.24, 2.45) is 0 Å². The molecule has 1 aliphatic rings. The van der Waals surface area contributed by atoms with Crippen LogP contribution in [0.4, 0.5) is 4.79 Å². The Morgan fingerprint density at radius 3 is 2.68 bits per heavy atom. The third-order valence-corrected chi connectivity index (χ3v) is 4.27. The van der Waals surface area contributed by atoms with Gasteiger partial charge in [0.2, 0.25) is 0 Å². The Labute approximate surface area is 135 Å². The maximum Gasteiger partial charge on any atom is 0.293 e. The molecule has 1 saturated heterocycles. The maximum absolute atomic E-state index is 12.4. The van der Waals surface area contributed by atoms with Crippen LogP contribution in [0.1, 0.15) is 38.7 Å². The van der Waals surface area contributed by atoms with Crippen LogP contribution in [-0.2, 0) is 4.79 Å². The van der Waals surface area contributed by atoms with Crippen LogP contribution in [0, 0.1) is 0 Å². The van der Waals surface area contributed by atoms with E-state index < -0.39 is 0 Å². The van der Waals surface area contributed by atoms with Crippen LogP contribution in [0.15, 0.2) is 29.2 Å². The monoisotopic (exact) mass is 319 g/mol. The average Bonchev–Trinajstić information content (AvgIpc) is 2.77. The highest BCUT2D eigenvalue weighted by Crippen LogP contribution is 2.34. The number of benzene rings is 1. The number of amides is 2. The summed E-state index contributed by atoms with van der Waals surface area (Å²) in [5.74, 6) is 0.528. The van der Waals surface area contributed by atoms with E-state index in [4.69, 9.17) is 4.74 Å². The first kappa shape index (κ1) is 16.6. The number of thioether (sulfide) groups is 1. The molecule has 1 fully saturated rings. The van der Waals surface area contributed by atoms with Crippen molar-refractivity contribution in [1.82, 2.24) is 4.90 Å². The molecule has 0 saturated carbocycles. The molecule has 4 nitrogen and oxygen atoms in total. The Bertz CT molecular complexity index is 583. The van der Waals surface area contributed by atoms with E-state index in [1.165, 1.54) is 4.90 Å². The van der Waals surface area contributed by atoms with Gasteiger partial charge in [0.15, 0.2) is 0 Å². The van der Waals surface area contributed by atoms with Crippen LogP contribution in [0.25, 0.3) is 6.08 Å². The number of nitrogens with zero attached hydrogens (tertiary/aromatic N) is 1. The summed E-state index contributed by atoms with van der Waals surface area (Å²) in [6.45, 7) is 5.07. The van der Waals surface area contributed by atoms with Gasteiger partial charge in [0, 0.05) is 12.1 Å². The Hall–Kier alpha value is -1.75. The SMILES string of the molecule is CCCCCN1C(=O)S/C(=C\c2ccccc2OCC)C1=O. The highest BCUT2D eigenvalue weighted by Gasteiger charge is 2.34. The summed E-state index contributed by atoms with van der Waals surface area (Å²) in [6, 6.07) is 7.52. The molecule has 0 N–H and O–H groups in total. The lowest BCUT2D eigenvalue weighted by molar-refractivity contribution is -0.122. The molecule has 5 heteroatoms. The van der Waals surface area contributed by atoms with E-state index in [1.54, 1.807) is 6.08 Å². The van der Waals surface area contributed by atoms with Crippen LogP contribution in [0.5, 0.6) is 5.75 Å². The second-order valence-electron chi connectivity index (χ2n) is 5.01. The first-order valence-electron chi connectivity index (χ1n) is 7.64. The van der Waals surface area contributed by atoms with E-state index in [1.807, 2.05) is 31.2 Å². The molecule has 2 amide bonds. The number of unbranched alkanes of at least 4 members (excludes halogenated alkanes) is 2. The number of hydrogen-bond acceptors (Lipinski definition) is 4. The van der Waals surface area contributed by atoms with Gasteiger partial charge in [-0.2, -0.15) is 0 Å². The van der Waals surface area contributed by atoms with E-state index in [0.717, 1.165) is 42.3 Å². The molecule has 0 atom stereocenters. The number of para-hydroxylation sites is 1. The van der Waals surface area contributed by atoms with Gasteiger partial charge < -0.3 is 4.74 Å². The third kappa shape index (κ3) is 3.91. The molecular weight excluding hydrogens is 298 g/mol. The van der Waals surface area contributed by atoms with Crippen molar-refractivity contribution in [2.75, 3.05) is 13.2 Å². The lowest BCUT2D eigenvalue weighted by atomic mass is 10.2. The van der Waals surface area contributed by atoms with Crippen molar-refractivity contribution in [2.45, 2.75) is 33.1 Å². The molecule has 22 heavy (non-hydrogen) atoms. The van der Waals surface area contributed by atoms with Crippen molar-refractivity contribution in [3.63, 3.8) is 0 Å². The van der Waals surface area contributed by atoms with E-state index in [9.17, 15) is 9.59 Å². The van der Waals surface area contributed by atoms with Crippen molar-refractivity contribution in [1.29, 1.82) is 0 Å². The quantitative estimate of drug-likeness (QED) is 0.555. The normalized spacial score (nSPS) is 16.6. The number of rotatable bonds is 7. The second-order valence-corrected chi connectivity index (χ2v) is 6.00. The molecule has 0 aliphatic carbocycles. The van der Waals surface area contributed by atoms with E-state index in [-0.39, 0.29) is 11.1 Å². The minimum atomic E-state index is -0.197. The van der Waals surface area contributed by atoms with E-state index >= 15 is 0 Å². The molecule has 0 bridgehead atoms. The molecule has 2 rings (SSSR count). The number of carbonyl (C=O) groups excluding carboxylic acids is 2. The van der Waals surface area contributed by atoms with Crippen LogP contribution in [0.3, 0.4) is 0 Å². The Balaban J connectivity index is 2.16. The Morgan fingerprint density at radius 1 is 1.18 bits per heavy atom. The summed E-state index contributed by atoms with van der Waals surface area (Å²) in [5.41, 5.74) is 0.823. The van der Waals surface area contributed by atoms with Crippen molar-refractivity contribution < 1.29 is 14.3 Å². The minimum Gasteiger partial charge on any atom is -0.493 e. The smallest absolute Gasteiger partial charge is 0.293 e. The number of carbonyl (C=O) groups is 2. The number of ether oxygens (including phenoxy) is 1. The third-order valence-electron chi connectivity index (χ3n) is 3.36. The van der Waals surface area contributed by atoms with Crippen molar-refractivity contribution in [3.05, 3.63) is 34.7 Å². The summed E-state index contributed by atoms with van der Waals surface area (Å²) in [5, 5.41) is -0.179. The summed E-state index contributed by atoms with van der Waals surface area (Å²) in [4.78, 5) is 26.2. The van der Waals surface area contributed by atoms with Crippen LogP contribution < -0.4 is 4.74 Å². The fourth-order valence-corrected chi connectivity index (χ4v) is 3.10. The lowest BCUT2D eigenvalue weighted by Gasteiger charge is -2.11. The molecule has 1 aromatic rings. The van der Waals surface area contributed by atoms with Gasteiger partial charge in [-0.15, -0.1) is 0 Å². The fraction of sp³-hybridized carbons (Fsp3) is 0.412. The van der Waals surface area contributed by atoms with Crippen LogP contribution in [0.2, 0.25) is 0 Å². The number of hydrogen-bond donors (Lipinski definition) is 0. The molecule has 1 heterocycles. The highest BCUT2D eigenvalue weighted by atomic mass is 32.2. The standard InChI is InChI=1S/C17H21NO3S/c1-3-5-8-11-18-16(19)15(22-17(18)20)12-13-9-6-7-10-14(13)21-4-2/h6-7,9-10,12H,3-5,8,11H2,1-2H3/b15-12-.